The number of aliphatic hydroxyl groups excluding tert-OH is 1. The van der Waals surface area contributed by atoms with Gasteiger partial charge in [-0.1, -0.05) is 25.1 Å². The summed E-state index contributed by atoms with van der Waals surface area (Å²) in [6.07, 6.45) is -0.240. The highest BCUT2D eigenvalue weighted by Crippen LogP contribution is 2.53. The Balaban J connectivity index is 1.90. The van der Waals surface area contributed by atoms with E-state index in [1.807, 2.05) is 19.9 Å². The Morgan fingerprint density at radius 3 is 2.54 bits per heavy atom. The second kappa shape index (κ2) is 5.62. The van der Waals surface area contributed by atoms with Crippen molar-refractivity contribution in [1.82, 2.24) is 10.2 Å². The minimum absolute atomic E-state index is 0.244. The number of hydrogen-bond acceptors (Lipinski definition) is 5. The molecule has 1 aromatic carbocycles. The number of anilines is 1. The number of likely N-dealkylation sites (tertiary alicyclic amines) is 1. The van der Waals surface area contributed by atoms with E-state index in [9.17, 15) is 19.5 Å². The van der Waals surface area contributed by atoms with Gasteiger partial charge in [-0.15, -0.1) is 0 Å². The first-order valence-corrected chi connectivity index (χ1v) is 9.08. The second-order valence-electron chi connectivity index (χ2n) is 7.53. The van der Waals surface area contributed by atoms with Crippen molar-refractivity contribution < 1.29 is 19.5 Å². The van der Waals surface area contributed by atoms with Gasteiger partial charge >= 0.3 is 0 Å². The summed E-state index contributed by atoms with van der Waals surface area (Å²) in [7, 11) is 0. The summed E-state index contributed by atoms with van der Waals surface area (Å²) in [4.78, 5) is 40.7. The fourth-order valence-electron chi connectivity index (χ4n) is 4.74. The molecule has 0 radical (unpaired) electrons. The quantitative estimate of drug-likeness (QED) is 0.688. The second-order valence-corrected chi connectivity index (χ2v) is 7.53. The number of hydrogen-bond donors (Lipinski definition) is 3. The van der Waals surface area contributed by atoms with Crippen LogP contribution in [0, 0.1) is 11.8 Å². The molecule has 7 heteroatoms. The molecule has 0 aromatic heterocycles. The van der Waals surface area contributed by atoms with Crippen molar-refractivity contribution in [1.29, 1.82) is 0 Å². The molecule has 6 atom stereocenters. The summed E-state index contributed by atoms with van der Waals surface area (Å²) in [5.74, 6) is -2.59. The number of nitrogens with zero attached hydrogens (tertiary/aromatic N) is 1. The zero-order chi connectivity index (χ0) is 18.8. The number of aliphatic hydroxyl groups is 1. The molecule has 4 rings (SSSR count). The molecule has 3 amide bonds. The summed E-state index contributed by atoms with van der Waals surface area (Å²) < 4.78 is 0. The Kier molecular flexibility index (Phi) is 3.71. The van der Waals surface area contributed by atoms with Gasteiger partial charge in [0.05, 0.1) is 17.9 Å². The molecule has 1 spiro atoms. The van der Waals surface area contributed by atoms with E-state index < -0.39 is 29.5 Å². The SMILES string of the molecule is CC[C@H](C)N1C(=O)[C@@H]2[C@H]([C@@H](C)O)N[C@@]3(C(=O)Nc4ccccc43)[C@@H]2C1=O. The molecule has 0 unspecified atom stereocenters. The van der Waals surface area contributed by atoms with E-state index in [-0.39, 0.29) is 23.8 Å². The third-order valence-electron chi connectivity index (χ3n) is 6.14. The molecular weight excluding hydrogens is 334 g/mol. The zero-order valence-electron chi connectivity index (χ0n) is 15.0. The van der Waals surface area contributed by atoms with Crippen LogP contribution in [-0.2, 0) is 19.9 Å². The number of fused-ring (bicyclic) bond motifs is 4. The molecular formula is C19H23N3O4. The maximum absolute atomic E-state index is 13.3. The fraction of sp³-hybridized carbons (Fsp3) is 0.526. The van der Waals surface area contributed by atoms with Gasteiger partial charge < -0.3 is 10.4 Å². The maximum Gasteiger partial charge on any atom is 0.250 e. The Morgan fingerprint density at radius 1 is 1.19 bits per heavy atom. The molecule has 3 aliphatic rings. The molecule has 1 aromatic rings. The van der Waals surface area contributed by atoms with Gasteiger partial charge in [-0.3, -0.25) is 24.6 Å². The number of imide groups is 1. The lowest BCUT2D eigenvalue weighted by Gasteiger charge is -2.31. The van der Waals surface area contributed by atoms with Gasteiger partial charge in [-0.2, -0.15) is 0 Å². The number of benzene rings is 1. The minimum atomic E-state index is -1.32. The molecule has 2 fully saturated rings. The molecule has 0 aliphatic carbocycles. The molecule has 7 nitrogen and oxygen atoms in total. The molecule has 3 aliphatic heterocycles. The van der Waals surface area contributed by atoms with Crippen molar-refractivity contribution in [2.24, 2.45) is 11.8 Å². The van der Waals surface area contributed by atoms with Crippen molar-refractivity contribution >= 4 is 23.4 Å². The summed E-state index contributed by atoms with van der Waals surface area (Å²) in [6, 6.07) is 6.28. The number of amides is 3. The van der Waals surface area contributed by atoms with Crippen molar-refractivity contribution in [2.45, 2.75) is 50.9 Å². The first-order valence-electron chi connectivity index (χ1n) is 9.08. The lowest BCUT2D eigenvalue weighted by atomic mass is 9.76. The van der Waals surface area contributed by atoms with Crippen LogP contribution in [0.25, 0.3) is 0 Å². The lowest BCUT2D eigenvalue weighted by Crippen LogP contribution is -2.55. The van der Waals surface area contributed by atoms with E-state index in [4.69, 9.17) is 0 Å². The summed E-state index contributed by atoms with van der Waals surface area (Å²) in [6.45, 7) is 5.32. The van der Waals surface area contributed by atoms with Gasteiger partial charge in [0.15, 0.2) is 0 Å². The van der Waals surface area contributed by atoms with E-state index in [0.29, 0.717) is 17.7 Å². The van der Waals surface area contributed by atoms with Crippen LogP contribution < -0.4 is 10.6 Å². The van der Waals surface area contributed by atoms with Crippen molar-refractivity contribution in [3.05, 3.63) is 29.8 Å². The van der Waals surface area contributed by atoms with E-state index in [2.05, 4.69) is 10.6 Å². The molecule has 0 bridgehead atoms. The molecule has 26 heavy (non-hydrogen) atoms. The van der Waals surface area contributed by atoms with Crippen LogP contribution in [0.15, 0.2) is 24.3 Å². The Hall–Kier alpha value is -2.25. The van der Waals surface area contributed by atoms with Gasteiger partial charge in [0, 0.05) is 23.3 Å². The largest absolute Gasteiger partial charge is 0.392 e. The van der Waals surface area contributed by atoms with Crippen LogP contribution in [0.4, 0.5) is 5.69 Å². The Morgan fingerprint density at radius 2 is 1.88 bits per heavy atom. The van der Waals surface area contributed by atoms with Gasteiger partial charge in [0.1, 0.15) is 5.54 Å². The minimum Gasteiger partial charge on any atom is -0.392 e. The van der Waals surface area contributed by atoms with E-state index in [1.54, 1.807) is 25.1 Å². The van der Waals surface area contributed by atoms with Gasteiger partial charge in [-0.25, -0.2) is 0 Å². The number of para-hydroxylation sites is 1. The smallest absolute Gasteiger partial charge is 0.250 e. The average Bonchev–Trinajstić information content (AvgIpc) is 3.20. The monoisotopic (exact) mass is 357 g/mol. The van der Waals surface area contributed by atoms with Crippen LogP contribution in [-0.4, -0.2) is 45.9 Å². The van der Waals surface area contributed by atoms with Crippen LogP contribution in [0.3, 0.4) is 0 Å². The number of nitrogens with one attached hydrogen (secondary N) is 2. The average molecular weight is 357 g/mol. The third-order valence-corrected chi connectivity index (χ3v) is 6.14. The van der Waals surface area contributed by atoms with Crippen LogP contribution in [0.5, 0.6) is 0 Å². The van der Waals surface area contributed by atoms with Crippen molar-refractivity contribution in [2.75, 3.05) is 5.32 Å². The molecule has 3 N–H and O–H groups in total. The van der Waals surface area contributed by atoms with Gasteiger partial charge in [0.2, 0.25) is 17.7 Å². The van der Waals surface area contributed by atoms with Gasteiger partial charge in [-0.05, 0) is 26.3 Å². The summed E-state index contributed by atoms with van der Waals surface area (Å²) in [5.41, 5.74) is -0.0229. The predicted molar refractivity (Wildman–Crippen MR) is 93.9 cm³/mol. The molecule has 3 heterocycles. The summed E-state index contributed by atoms with van der Waals surface area (Å²) in [5, 5.41) is 16.3. The van der Waals surface area contributed by atoms with E-state index in [1.165, 1.54) is 4.90 Å². The van der Waals surface area contributed by atoms with E-state index >= 15 is 0 Å². The molecule has 138 valence electrons. The number of rotatable bonds is 3. The van der Waals surface area contributed by atoms with Crippen LogP contribution in [0.1, 0.15) is 32.8 Å². The maximum atomic E-state index is 13.3. The zero-order valence-corrected chi connectivity index (χ0v) is 15.0. The first-order chi connectivity index (χ1) is 12.3. The van der Waals surface area contributed by atoms with Crippen molar-refractivity contribution in [3.63, 3.8) is 0 Å². The highest BCUT2D eigenvalue weighted by molar-refractivity contribution is 6.15. The highest BCUT2D eigenvalue weighted by Gasteiger charge is 2.71. The predicted octanol–water partition coefficient (Wildman–Crippen LogP) is 0.586. The number of carbonyl (C=O) groups is 3. The lowest BCUT2D eigenvalue weighted by molar-refractivity contribution is -0.145. The highest BCUT2D eigenvalue weighted by atomic mass is 16.3. The fourth-order valence-corrected chi connectivity index (χ4v) is 4.74. The Bertz CT molecular complexity index is 808. The van der Waals surface area contributed by atoms with Crippen LogP contribution in [0.2, 0.25) is 0 Å². The standard InChI is InChI=1S/C19H23N3O4/c1-4-9(2)22-16(24)13-14(17(22)25)19(21-15(13)10(3)23)11-7-5-6-8-12(11)20-18(19)26/h5-10,13-15,21,23H,4H2,1-3H3,(H,20,26)/t9-,10+,13-,14-,15-,19+/m0/s1. The summed E-state index contributed by atoms with van der Waals surface area (Å²) >= 11 is 0. The number of carbonyl (C=O) groups excluding carboxylic acids is 3. The normalized spacial score (nSPS) is 34.8. The third kappa shape index (κ3) is 1.92. The van der Waals surface area contributed by atoms with Crippen LogP contribution >= 0.6 is 0 Å². The van der Waals surface area contributed by atoms with Crippen molar-refractivity contribution in [3.8, 4) is 0 Å². The Labute approximate surface area is 151 Å². The topological polar surface area (TPSA) is 98.7 Å². The molecule has 0 saturated carbocycles. The first kappa shape index (κ1) is 17.2. The van der Waals surface area contributed by atoms with E-state index in [0.717, 1.165) is 0 Å². The van der Waals surface area contributed by atoms with Gasteiger partial charge in [0.25, 0.3) is 0 Å². The molecule has 2 saturated heterocycles.